The quantitative estimate of drug-likeness (QED) is 0.383. The van der Waals surface area contributed by atoms with Crippen molar-refractivity contribution in [1.82, 2.24) is 10.2 Å². The van der Waals surface area contributed by atoms with Gasteiger partial charge in [0.1, 0.15) is 0 Å². The summed E-state index contributed by atoms with van der Waals surface area (Å²) in [6, 6.07) is 20.2. The molecule has 25 heavy (non-hydrogen) atoms. The van der Waals surface area contributed by atoms with Crippen molar-refractivity contribution in [3.63, 3.8) is 0 Å². The molecule has 1 N–H and O–H groups in total. The lowest BCUT2D eigenvalue weighted by molar-refractivity contribution is 0.479. The van der Waals surface area contributed by atoms with Crippen molar-refractivity contribution in [2.75, 3.05) is 26.4 Å². The lowest BCUT2D eigenvalue weighted by Gasteiger charge is -2.22. The van der Waals surface area contributed by atoms with E-state index in [9.17, 15) is 4.21 Å². The first kappa shape index (κ1) is 21.6. The number of aliphatic imine (C=N–C) groups is 1. The van der Waals surface area contributed by atoms with Crippen LogP contribution in [0.2, 0.25) is 0 Å². The summed E-state index contributed by atoms with van der Waals surface area (Å²) in [5, 5.41) is 3.29. The lowest BCUT2D eigenvalue weighted by Crippen LogP contribution is -2.40. The molecule has 0 aliphatic rings. The van der Waals surface area contributed by atoms with E-state index in [0.29, 0.717) is 18.1 Å². The van der Waals surface area contributed by atoms with Gasteiger partial charge >= 0.3 is 0 Å². The highest BCUT2D eigenvalue weighted by atomic mass is 127. The van der Waals surface area contributed by atoms with Crippen molar-refractivity contribution in [2.24, 2.45) is 4.99 Å². The zero-order chi connectivity index (χ0) is 17.2. The van der Waals surface area contributed by atoms with Gasteiger partial charge in [0.25, 0.3) is 0 Å². The number of nitrogens with one attached hydrogen (secondary N) is 1. The standard InChI is InChI=1S/C19H25N3OS.HI/c1-20-19(22(2)15-17-9-5-3-6-10-17)21-13-14-24(23)16-18-11-7-4-8-12-18;/h3-12H,13-16H2,1-2H3,(H,20,21);1H. The molecule has 2 aromatic rings. The van der Waals surface area contributed by atoms with Gasteiger partial charge in [-0.2, -0.15) is 0 Å². The van der Waals surface area contributed by atoms with Gasteiger partial charge in [0.05, 0.1) is 0 Å². The number of nitrogens with zero attached hydrogens (tertiary/aromatic N) is 2. The van der Waals surface area contributed by atoms with E-state index in [1.165, 1.54) is 5.56 Å². The van der Waals surface area contributed by atoms with E-state index < -0.39 is 10.8 Å². The Balaban J connectivity index is 0.00000312. The maximum absolute atomic E-state index is 12.2. The van der Waals surface area contributed by atoms with Crippen molar-refractivity contribution in [3.8, 4) is 0 Å². The van der Waals surface area contributed by atoms with Crippen molar-refractivity contribution >= 4 is 40.7 Å². The first-order valence-corrected chi connectivity index (χ1v) is 9.52. The topological polar surface area (TPSA) is 44.7 Å². The second kappa shape index (κ2) is 12.0. The Morgan fingerprint density at radius 1 is 1.04 bits per heavy atom. The fourth-order valence-corrected chi connectivity index (χ4v) is 3.46. The van der Waals surface area contributed by atoms with E-state index in [-0.39, 0.29) is 24.0 Å². The lowest BCUT2D eigenvalue weighted by atomic mass is 10.2. The van der Waals surface area contributed by atoms with Gasteiger partial charge in [0.2, 0.25) is 0 Å². The molecule has 0 aliphatic heterocycles. The molecule has 0 radical (unpaired) electrons. The van der Waals surface area contributed by atoms with Crippen molar-refractivity contribution in [2.45, 2.75) is 12.3 Å². The highest BCUT2D eigenvalue weighted by Gasteiger charge is 2.07. The van der Waals surface area contributed by atoms with Crippen molar-refractivity contribution in [3.05, 3.63) is 71.8 Å². The maximum atomic E-state index is 12.2. The molecule has 0 bridgehead atoms. The second-order valence-electron chi connectivity index (χ2n) is 5.59. The molecule has 0 saturated heterocycles. The first-order chi connectivity index (χ1) is 11.7. The Morgan fingerprint density at radius 3 is 2.16 bits per heavy atom. The van der Waals surface area contributed by atoms with Gasteiger partial charge in [-0.05, 0) is 11.1 Å². The number of halogens is 1. The SMILES string of the molecule is CN=C(NCCS(=O)Cc1ccccc1)N(C)Cc1ccccc1.I. The average Bonchev–Trinajstić information content (AvgIpc) is 2.60. The van der Waals surface area contributed by atoms with Crippen LogP contribution < -0.4 is 5.32 Å². The molecule has 0 fully saturated rings. The molecule has 4 nitrogen and oxygen atoms in total. The molecule has 0 aliphatic carbocycles. The number of rotatable bonds is 7. The summed E-state index contributed by atoms with van der Waals surface area (Å²) in [6.07, 6.45) is 0. The molecule has 1 unspecified atom stereocenters. The van der Waals surface area contributed by atoms with Crippen LogP contribution in [0.25, 0.3) is 0 Å². The third-order valence-electron chi connectivity index (χ3n) is 3.62. The molecule has 0 amide bonds. The van der Waals surface area contributed by atoms with Crippen LogP contribution in [0.4, 0.5) is 0 Å². The minimum absolute atomic E-state index is 0. The summed E-state index contributed by atoms with van der Waals surface area (Å²) in [4.78, 5) is 6.36. The smallest absolute Gasteiger partial charge is 0.193 e. The van der Waals surface area contributed by atoms with E-state index in [1.54, 1.807) is 7.05 Å². The van der Waals surface area contributed by atoms with Crippen LogP contribution in [0.3, 0.4) is 0 Å². The van der Waals surface area contributed by atoms with E-state index in [0.717, 1.165) is 18.1 Å². The Bertz CT molecular complexity index is 665. The summed E-state index contributed by atoms with van der Waals surface area (Å²) in [5.74, 6) is 2.02. The third-order valence-corrected chi connectivity index (χ3v) is 4.93. The van der Waals surface area contributed by atoms with E-state index in [1.807, 2.05) is 55.6 Å². The molecule has 2 aromatic carbocycles. The van der Waals surface area contributed by atoms with Crippen LogP contribution in [-0.2, 0) is 23.1 Å². The summed E-state index contributed by atoms with van der Waals surface area (Å²) >= 11 is 0. The van der Waals surface area contributed by atoms with E-state index in [4.69, 9.17) is 0 Å². The summed E-state index contributed by atoms with van der Waals surface area (Å²) in [6.45, 7) is 1.43. The van der Waals surface area contributed by atoms with Gasteiger partial charge in [-0.3, -0.25) is 9.20 Å². The number of guanidine groups is 1. The highest BCUT2D eigenvalue weighted by Crippen LogP contribution is 2.04. The van der Waals surface area contributed by atoms with Gasteiger partial charge in [0.15, 0.2) is 5.96 Å². The molecular weight excluding hydrogens is 445 g/mol. The molecule has 6 heteroatoms. The van der Waals surface area contributed by atoms with E-state index in [2.05, 4.69) is 27.3 Å². The van der Waals surface area contributed by atoms with Gasteiger partial charge in [0, 0.05) is 49.5 Å². The van der Waals surface area contributed by atoms with Gasteiger partial charge in [-0.25, -0.2) is 0 Å². The predicted octanol–water partition coefficient (Wildman–Crippen LogP) is 3.26. The number of benzene rings is 2. The zero-order valence-corrected chi connectivity index (χ0v) is 17.9. The summed E-state index contributed by atoms with van der Waals surface area (Å²) in [7, 11) is 2.90. The maximum Gasteiger partial charge on any atom is 0.193 e. The van der Waals surface area contributed by atoms with Crippen LogP contribution >= 0.6 is 24.0 Å². The van der Waals surface area contributed by atoms with Crippen LogP contribution in [0.1, 0.15) is 11.1 Å². The van der Waals surface area contributed by atoms with Crippen LogP contribution in [-0.4, -0.2) is 41.5 Å². The molecule has 0 aromatic heterocycles. The molecular formula is C19H26IN3OS. The first-order valence-electron chi connectivity index (χ1n) is 8.03. The predicted molar refractivity (Wildman–Crippen MR) is 118 cm³/mol. The van der Waals surface area contributed by atoms with Crippen molar-refractivity contribution < 1.29 is 4.21 Å². The second-order valence-corrected chi connectivity index (χ2v) is 7.17. The molecule has 136 valence electrons. The highest BCUT2D eigenvalue weighted by molar-refractivity contribution is 14.0. The largest absolute Gasteiger partial charge is 0.355 e. The number of hydrogen-bond acceptors (Lipinski definition) is 2. The third kappa shape index (κ3) is 8.00. The summed E-state index contributed by atoms with van der Waals surface area (Å²) < 4.78 is 12.2. The van der Waals surface area contributed by atoms with Gasteiger partial charge in [-0.15, -0.1) is 24.0 Å². The molecule has 1 atom stereocenters. The summed E-state index contributed by atoms with van der Waals surface area (Å²) in [5.41, 5.74) is 2.34. The van der Waals surface area contributed by atoms with Crippen molar-refractivity contribution in [1.29, 1.82) is 0 Å². The fourth-order valence-electron chi connectivity index (χ4n) is 2.43. The molecule has 2 rings (SSSR count). The molecule has 0 heterocycles. The Hall–Kier alpha value is -1.41. The molecule has 0 saturated carbocycles. The normalized spacial score (nSPS) is 12.2. The minimum Gasteiger partial charge on any atom is -0.355 e. The average molecular weight is 471 g/mol. The minimum atomic E-state index is -0.877. The van der Waals surface area contributed by atoms with Gasteiger partial charge in [-0.1, -0.05) is 60.7 Å². The fraction of sp³-hybridized carbons (Fsp3) is 0.316. The van der Waals surface area contributed by atoms with Crippen LogP contribution in [0.5, 0.6) is 0 Å². The Morgan fingerprint density at radius 2 is 1.60 bits per heavy atom. The number of hydrogen-bond donors (Lipinski definition) is 1. The van der Waals surface area contributed by atoms with Crippen LogP contribution in [0, 0.1) is 0 Å². The van der Waals surface area contributed by atoms with Gasteiger partial charge < -0.3 is 10.2 Å². The van der Waals surface area contributed by atoms with Crippen LogP contribution in [0.15, 0.2) is 65.7 Å². The molecule has 0 spiro atoms. The Kier molecular flexibility index (Phi) is 10.4. The van der Waals surface area contributed by atoms with E-state index >= 15 is 0 Å². The zero-order valence-electron chi connectivity index (χ0n) is 14.7. The Labute approximate surface area is 170 Å². The monoisotopic (exact) mass is 471 g/mol.